The minimum atomic E-state index is -0.0305. The molecule has 0 aromatic carbocycles. The monoisotopic (exact) mass is 214 g/mol. The Hall–Kier alpha value is -0.640. The highest BCUT2D eigenvalue weighted by molar-refractivity contribution is 7.80. The quantitative estimate of drug-likeness (QED) is 0.697. The van der Waals surface area contributed by atoms with E-state index in [1.54, 1.807) is 0 Å². The van der Waals surface area contributed by atoms with Crippen molar-refractivity contribution in [3.05, 3.63) is 0 Å². The molecule has 0 unspecified atom stereocenters. The lowest BCUT2D eigenvalue weighted by Crippen LogP contribution is -2.38. The largest absolute Gasteiger partial charge is 0.393 e. The van der Waals surface area contributed by atoms with Crippen LogP contribution in [0.15, 0.2) is 0 Å². The van der Waals surface area contributed by atoms with Gasteiger partial charge in [0.05, 0.1) is 11.4 Å². The fourth-order valence-corrected chi connectivity index (χ4v) is 1.97. The van der Waals surface area contributed by atoms with Crippen molar-refractivity contribution in [2.75, 3.05) is 0 Å². The molecule has 1 rings (SSSR count). The number of thiocarbonyl (C=S) groups is 1. The lowest BCUT2D eigenvalue weighted by molar-refractivity contribution is -0.120. The molecule has 0 saturated heterocycles. The maximum absolute atomic E-state index is 11.3. The Balaban J connectivity index is 2.24. The summed E-state index contributed by atoms with van der Waals surface area (Å²) in [6.07, 6.45) is 4.77. The van der Waals surface area contributed by atoms with Gasteiger partial charge in [0, 0.05) is 6.04 Å². The fourth-order valence-electron chi connectivity index (χ4n) is 1.84. The number of carbonyl (C=O) groups excluding carboxylic acids is 1. The van der Waals surface area contributed by atoms with Crippen molar-refractivity contribution in [2.45, 2.75) is 45.1 Å². The van der Waals surface area contributed by atoms with Crippen LogP contribution in [0.4, 0.5) is 0 Å². The van der Waals surface area contributed by atoms with Gasteiger partial charge in [-0.15, -0.1) is 0 Å². The summed E-state index contributed by atoms with van der Waals surface area (Å²) >= 11 is 4.68. The van der Waals surface area contributed by atoms with E-state index in [0.717, 1.165) is 18.8 Å². The van der Waals surface area contributed by atoms with Crippen LogP contribution in [0.25, 0.3) is 0 Å². The number of nitrogens with two attached hydrogens (primary N) is 1. The number of hydrogen-bond acceptors (Lipinski definition) is 2. The Labute approximate surface area is 90.4 Å². The molecule has 1 amide bonds. The summed E-state index contributed by atoms with van der Waals surface area (Å²) in [6, 6.07) is 0.341. The van der Waals surface area contributed by atoms with E-state index in [0.29, 0.717) is 6.04 Å². The van der Waals surface area contributed by atoms with Crippen LogP contribution in [0.3, 0.4) is 0 Å². The van der Waals surface area contributed by atoms with E-state index in [2.05, 4.69) is 24.5 Å². The molecule has 3 nitrogen and oxygen atoms in total. The van der Waals surface area contributed by atoms with Crippen LogP contribution in [0, 0.1) is 5.92 Å². The zero-order valence-electron chi connectivity index (χ0n) is 8.58. The minimum Gasteiger partial charge on any atom is -0.393 e. The highest BCUT2D eigenvalue weighted by Crippen LogP contribution is 2.23. The van der Waals surface area contributed by atoms with E-state index < -0.39 is 0 Å². The Morgan fingerprint density at radius 2 is 2.00 bits per heavy atom. The molecule has 0 aliphatic heterocycles. The molecule has 0 atom stereocenters. The summed E-state index contributed by atoms with van der Waals surface area (Å²) in [7, 11) is 0. The zero-order valence-corrected chi connectivity index (χ0v) is 9.40. The van der Waals surface area contributed by atoms with Crippen molar-refractivity contribution in [2.24, 2.45) is 11.7 Å². The molecule has 80 valence electrons. The Morgan fingerprint density at radius 1 is 1.43 bits per heavy atom. The number of amides is 1. The second-order valence-electron chi connectivity index (χ2n) is 4.17. The van der Waals surface area contributed by atoms with Gasteiger partial charge in [-0.3, -0.25) is 4.79 Å². The number of rotatable bonds is 3. The van der Waals surface area contributed by atoms with Gasteiger partial charge in [0.15, 0.2) is 0 Å². The summed E-state index contributed by atoms with van der Waals surface area (Å²) in [5.74, 6) is 0.774. The molecular formula is C10H18N2OS. The maximum Gasteiger partial charge on any atom is 0.227 e. The summed E-state index contributed by atoms with van der Waals surface area (Å²) < 4.78 is 0. The molecule has 1 saturated carbocycles. The first-order valence-electron chi connectivity index (χ1n) is 5.15. The van der Waals surface area contributed by atoms with Crippen molar-refractivity contribution < 1.29 is 4.79 Å². The summed E-state index contributed by atoms with van der Waals surface area (Å²) in [5.41, 5.74) is 5.29. The Morgan fingerprint density at radius 3 is 2.50 bits per heavy atom. The van der Waals surface area contributed by atoms with Gasteiger partial charge in [-0.1, -0.05) is 19.1 Å². The second kappa shape index (κ2) is 5.29. The fraction of sp³-hybridized carbons (Fsp3) is 0.800. The lowest BCUT2D eigenvalue weighted by atomic mass is 9.87. The van der Waals surface area contributed by atoms with Gasteiger partial charge in [0.1, 0.15) is 0 Å². The van der Waals surface area contributed by atoms with Crippen molar-refractivity contribution in [3.63, 3.8) is 0 Å². The first-order valence-corrected chi connectivity index (χ1v) is 5.56. The first-order chi connectivity index (χ1) is 6.58. The van der Waals surface area contributed by atoms with Crippen LogP contribution in [0.5, 0.6) is 0 Å². The highest BCUT2D eigenvalue weighted by atomic mass is 32.1. The van der Waals surface area contributed by atoms with E-state index >= 15 is 0 Å². The minimum absolute atomic E-state index is 0.0305. The molecule has 1 aliphatic carbocycles. The summed E-state index contributed by atoms with van der Waals surface area (Å²) in [5, 5.41) is 2.96. The zero-order chi connectivity index (χ0) is 10.6. The molecule has 0 heterocycles. The molecule has 0 aromatic rings. The molecule has 0 radical (unpaired) electrons. The van der Waals surface area contributed by atoms with Crippen molar-refractivity contribution in [1.82, 2.24) is 5.32 Å². The van der Waals surface area contributed by atoms with Gasteiger partial charge >= 0.3 is 0 Å². The first kappa shape index (κ1) is 11.4. The van der Waals surface area contributed by atoms with E-state index in [4.69, 9.17) is 5.73 Å². The third-order valence-electron chi connectivity index (χ3n) is 2.72. The van der Waals surface area contributed by atoms with Crippen LogP contribution in [-0.2, 0) is 4.79 Å². The van der Waals surface area contributed by atoms with Crippen molar-refractivity contribution >= 4 is 23.1 Å². The van der Waals surface area contributed by atoms with Gasteiger partial charge in [0.2, 0.25) is 5.91 Å². The molecule has 0 bridgehead atoms. The average Bonchev–Trinajstić information content (AvgIpc) is 2.07. The van der Waals surface area contributed by atoms with Crippen LogP contribution < -0.4 is 11.1 Å². The summed E-state index contributed by atoms with van der Waals surface area (Å²) in [4.78, 5) is 11.6. The molecule has 0 aromatic heterocycles. The van der Waals surface area contributed by atoms with E-state index in [9.17, 15) is 4.79 Å². The van der Waals surface area contributed by atoms with Gasteiger partial charge in [-0.25, -0.2) is 0 Å². The van der Waals surface area contributed by atoms with Gasteiger partial charge in [-0.2, -0.15) is 0 Å². The normalized spacial score (nSPS) is 26.9. The predicted molar refractivity (Wildman–Crippen MR) is 61.0 cm³/mol. The van der Waals surface area contributed by atoms with E-state index in [-0.39, 0.29) is 17.3 Å². The Bertz CT molecular complexity index is 222. The van der Waals surface area contributed by atoms with Crippen LogP contribution in [0.1, 0.15) is 39.0 Å². The van der Waals surface area contributed by atoms with Gasteiger partial charge in [0.25, 0.3) is 0 Å². The van der Waals surface area contributed by atoms with Crippen LogP contribution in [-0.4, -0.2) is 16.9 Å². The second-order valence-corrected chi connectivity index (χ2v) is 4.69. The molecule has 1 aliphatic rings. The van der Waals surface area contributed by atoms with Gasteiger partial charge in [-0.05, 0) is 31.6 Å². The number of hydrogen-bond donors (Lipinski definition) is 2. The third-order valence-corrected chi connectivity index (χ3v) is 2.86. The smallest absolute Gasteiger partial charge is 0.227 e. The average molecular weight is 214 g/mol. The molecule has 14 heavy (non-hydrogen) atoms. The standard InChI is InChI=1S/C10H18N2OS/c1-7-2-4-8(5-3-7)12-10(13)6-9(11)14/h7-8H,2-6H2,1H3,(H2,11,14)(H,12,13). The molecular weight excluding hydrogens is 196 g/mol. The third kappa shape index (κ3) is 4.05. The topological polar surface area (TPSA) is 55.1 Å². The van der Waals surface area contributed by atoms with E-state index in [1.807, 2.05) is 0 Å². The van der Waals surface area contributed by atoms with Crippen LogP contribution in [0.2, 0.25) is 0 Å². The number of nitrogens with one attached hydrogen (secondary N) is 1. The van der Waals surface area contributed by atoms with Crippen LogP contribution >= 0.6 is 12.2 Å². The molecule has 4 heteroatoms. The SMILES string of the molecule is CC1CCC(NC(=O)CC(N)=S)CC1. The van der Waals surface area contributed by atoms with Gasteiger partial charge < -0.3 is 11.1 Å². The Kier molecular flexibility index (Phi) is 4.32. The maximum atomic E-state index is 11.3. The molecule has 0 spiro atoms. The molecule has 3 N–H and O–H groups in total. The number of carbonyl (C=O) groups is 1. The van der Waals surface area contributed by atoms with Crippen molar-refractivity contribution in [3.8, 4) is 0 Å². The summed E-state index contributed by atoms with van der Waals surface area (Å²) in [6.45, 7) is 2.26. The lowest BCUT2D eigenvalue weighted by Gasteiger charge is -2.26. The van der Waals surface area contributed by atoms with E-state index in [1.165, 1.54) is 12.8 Å². The molecule has 1 fully saturated rings. The predicted octanol–water partition coefficient (Wildman–Crippen LogP) is 1.36. The van der Waals surface area contributed by atoms with Crippen molar-refractivity contribution in [1.29, 1.82) is 0 Å². The highest BCUT2D eigenvalue weighted by Gasteiger charge is 2.19.